The number of likely N-dealkylation sites (tertiary alicyclic amines) is 1. The van der Waals surface area contributed by atoms with Gasteiger partial charge in [-0.2, -0.15) is 0 Å². The Bertz CT molecular complexity index is 821. The molecule has 26 heavy (non-hydrogen) atoms. The molecule has 1 amide bonds. The Morgan fingerprint density at radius 3 is 2.46 bits per heavy atom. The summed E-state index contributed by atoms with van der Waals surface area (Å²) in [4.78, 5) is 14.0. The van der Waals surface area contributed by atoms with Gasteiger partial charge in [-0.25, -0.2) is 13.5 Å². The van der Waals surface area contributed by atoms with E-state index in [1.807, 2.05) is 0 Å². The quantitative estimate of drug-likeness (QED) is 0.909. The molecule has 1 aromatic heterocycles. The maximum Gasteiger partial charge on any atom is 0.256 e. The summed E-state index contributed by atoms with van der Waals surface area (Å²) < 4.78 is 29.5. The second-order valence-corrected chi connectivity index (χ2v) is 7.22. The van der Waals surface area contributed by atoms with Gasteiger partial charge in [-0.1, -0.05) is 11.3 Å². The average Bonchev–Trinajstić information content (AvgIpc) is 3.10. The summed E-state index contributed by atoms with van der Waals surface area (Å²) in [5.41, 5.74) is -0.654. The number of halogens is 2. The highest BCUT2D eigenvalue weighted by Gasteiger charge is 2.29. The van der Waals surface area contributed by atoms with E-state index in [1.54, 1.807) is 24.7 Å². The van der Waals surface area contributed by atoms with Crippen LogP contribution in [0, 0.1) is 18.6 Å². The molecule has 0 spiro atoms. The van der Waals surface area contributed by atoms with Crippen LogP contribution in [0.3, 0.4) is 0 Å². The van der Waals surface area contributed by atoms with Crippen LogP contribution in [0.1, 0.15) is 54.3 Å². The van der Waals surface area contributed by atoms with Crippen LogP contribution in [0.2, 0.25) is 0 Å². The molecule has 1 fully saturated rings. The minimum atomic E-state index is -1.09. The Hall–Kier alpha value is -2.35. The maximum atomic E-state index is 14.1. The number of hydrogen-bond donors (Lipinski definition) is 1. The number of aromatic nitrogens is 3. The predicted octanol–water partition coefficient (Wildman–Crippen LogP) is 2.57. The van der Waals surface area contributed by atoms with Crippen LogP contribution in [0.25, 0.3) is 0 Å². The number of aryl methyl sites for hydroxylation is 1. The van der Waals surface area contributed by atoms with Crippen LogP contribution in [0.15, 0.2) is 18.3 Å². The minimum absolute atomic E-state index is 0.0438. The summed E-state index contributed by atoms with van der Waals surface area (Å²) >= 11 is 0. The van der Waals surface area contributed by atoms with E-state index in [1.165, 1.54) is 24.0 Å². The van der Waals surface area contributed by atoms with Gasteiger partial charge in [0.1, 0.15) is 11.3 Å². The molecule has 0 aliphatic carbocycles. The van der Waals surface area contributed by atoms with E-state index < -0.39 is 23.1 Å². The van der Waals surface area contributed by atoms with E-state index in [9.17, 15) is 18.7 Å². The number of piperidine rings is 1. The van der Waals surface area contributed by atoms with Gasteiger partial charge in [0, 0.05) is 13.1 Å². The van der Waals surface area contributed by atoms with E-state index in [-0.39, 0.29) is 17.2 Å². The molecule has 0 unspecified atom stereocenters. The van der Waals surface area contributed by atoms with Crippen LogP contribution in [-0.2, 0) is 5.60 Å². The number of amides is 1. The molecule has 1 N–H and O–H groups in total. The Labute approximate surface area is 150 Å². The van der Waals surface area contributed by atoms with Crippen molar-refractivity contribution in [2.45, 2.75) is 45.3 Å². The molecule has 6 nitrogen and oxygen atoms in total. The summed E-state index contributed by atoms with van der Waals surface area (Å²) in [5.74, 6) is -2.58. The van der Waals surface area contributed by atoms with Crippen LogP contribution >= 0.6 is 0 Å². The van der Waals surface area contributed by atoms with Crippen molar-refractivity contribution in [3.63, 3.8) is 0 Å². The monoisotopic (exact) mass is 364 g/mol. The highest BCUT2D eigenvalue weighted by atomic mass is 19.2. The first-order valence-electron chi connectivity index (χ1n) is 8.57. The van der Waals surface area contributed by atoms with Gasteiger partial charge in [0.05, 0.1) is 17.8 Å². The molecule has 8 heteroatoms. The van der Waals surface area contributed by atoms with Crippen LogP contribution in [0.5, 0.6) is 0 Å². The molecule has 1 aliphatic rings. The van der Waals surface area contributed by atoms with Gasteiger partial charge in [-0.3, -0.25) is 4.79 Å². The molecule has 0 saturated carbocycles. The number of nitrogens with zero attached hydrogens (tertiary/aromatic N) is 4. The van der Waals surface area contributed by atoms with Crippen LogP contribution < -0.4 is 0 Å². The summed E-state index contributed by atoms with van der Waals surface area (Å²) in [6.07, 6.45) is 2.95. The molecule has 140 valence electrons. The van der Waals surface area contributed by atoms with Gasteiger partial charge in [0.25, 0.3) is 5.91 Å². The van der Waals surface area contributed by atoms with Gasteiger partial charge >= 0.3 is 0 Å². The van der Waals surface area contributed by atoms with E-state index in [0.29, 0.717) is 31.6 Å². The van der Waals surface area contributed by atoms with Crippen molar-refractivity contribution < 1.29 is 18.7 Å². The van der Waals surface area contributed by atoms with Crippen molar-refractivity contribution >= 4 is 5.91 Å². The highest BCUT2D eigenvalue weighted by molar-refractivity contribution is 5.94. The minimum Gasteiger partial charge on any atom is -0.384 e. The lowest BCUT2D eigenvalue weighted by molar-refractivity contribution is 0.0683. The third-order valence-electron chi connectivity index (χ3n) is 4.77. The fourth-order valence-corrected chi connectivity index (χ4v) is 3.05. The standard InChI is InChI=1S/C18H22F2N4O2/c1-11-4-5-13(16(20)15(11)19)17(25)23-8-6-12(7-9-23)24-10-14(21-22-24)18(2,3)26/h4-5,10,12,26H,6-9H2,1-3H3. The number of benzene rings is 1. The molecule has 0 bridgehead atoms. The summed E-state index contributed by atoms with van der Waals surface area (Å²) in [6.45, 7) is 5.56. The zero-order valence-corrected chi connectivity index (χ0v) is 15.0. The largest absolute Gasteiger partial charge is 0.384 e. The lowest BCUT2D eigenvalue weighted by atomic mass is 10.0. The third-order valence-corrected chi connectivity index (χ3v) is 4.77. The van der Waals surface area contributed by atoms with E-state index in [0.717, 1.165) is 0 Å². The van der Waals surface area contributed by atoms with Crippen molar-refractivity contribution in [1.82, 2.24) is 19.9 Å². The molecule has 2 heterocycles. The molecular formula is C18H22F2N4O2. The second kappa shape index (κ2) is 6.75. The van der Waals surface area contributed by atoms with Gasteiger partial charge in [-0.15, -0.1) is 5.10 Å². The molecule has 0 radical (unpaired) electrons. The lowest BCUT2D eigenvalue weighted by Crippen LogP contribution is -2.39. The number of rotatable bonds is 3. The van der Waals surface area contributed by atoms with Gasteiger partial charge in [-0.05, 0) is 45.2 Å². The molecule has 3 rings (SSSR count). The number of carbonyl (C=O) groups is 1. The lowest BCUT2D eigenvalue weighted by Gasteiger charge is -2.32. The summed E-state index contributed by atoms with van der Waals surface area (Å²) in [7, 11) is 0. The molecule has 1 aromatic carbocycles. The van der Waals surface area contributed by atoms with Crippen molar-refractivity contribution in [3.8, 4) is 0 Å². The summed E-state index contributed by atoms with van der Waals surface area (Å²) in [5, 5.41) is 18.0. The van der Waals surface area contributed by atoms with Crippen LogP contribution in [0.4, 0.5) is 8.78 Å². The number of hydrogen-bond acceptors (Lipinski definition) is 4. The van der Waals surface area contributed by atoms with Crippen molar-refractivity contribution in [2.24, 2.45) is 0 Å². The molecule has 1 aliphatic heterocycles. The van der Waals surface area contributed by atoms with Crippen molar-refractivity contribution in [1.29, 1.82) is 0 Å². The maximum absolute atomic E-state index is 14.1. The fraction of sp³-hybridized carbons (Fsp3) is 0.500. The summed E-state index contributed by atoms with van der Waals surface area (Å²) in [6, 6.07) is 2.78. The zero-order valence-electron chi connectivity index (χ0n) is 15.0. The first-order valence-corrected chi connectivity index (χ1v) is 8.57. The number of aliphatic hydroxyl groups is 1. The van der Waals surface area contributed by atoms with E-state index in [4.69, 9.17) is 0 Å². The topological polar surface area (TPSA) is 71.2 Å². The molecule has 2 aromatic rings. The zero-order chi connectivity index (χ0) is 19.1. The van der Waals surface area contributed by atoms with Gasteiger partial charge in [0.15, 0.2) is 11.6 Å². The van der Waals surface area contributed by atoms with E-state index >= 15 is 0 Å². The Balaban J connectivity index is 1.68. The Morgan fingerprint density at radius 2 is 1.88 bits per heavy atom. The SMILES string of the molecule is Cc1ccc(C(=O)N2CCC(n3cc(C(C)(C)O)nn3)CC2)c(F)c1F. The normalized spacial score (nSPS) is 16.2. The molecular weight excluding hydrogens is 342 g/mol. The third kappa shape index (κ3) is 3.46. The fourth-order valence-electron chi connectivity index (χ4n) is 3.05. The van der Waals surface area contributed by atoms with Crippen molar-refractivity contribution in [3.05, 3.63) is 46.8 Å². The average molecular weight is 364 g/mol. The molecule has 1 saturated heterocycles. The Kier molecular flexibility index (Phi) is 4.79. The first-order chi connectivity index (χ1) is 12.2. The Morgan fingerprint density at radius 1 is 1.23 bits per heavy atom. The van der Waals surface area contributed by atoms with Gasteiger partial charge in [0.2, 0.25) is 0 Å². The number of carbonyl (C=O) groups excluding carboxylic acids is 1. The predicted molar refractivity (Wildman–Crippen MR) is 90.5 cm³/mol. The van der Waals surface area contributed by atoms with E-state index in [2.05, 4.69) is 10.3 Å². The highest BCUT2D eigenvalue weighted by Crippen LogP contribution is 2.26. The smallest absolute Gasteiger partial charge is 0.256 e. The second-order valence-electron chi connectivity index (χ2n) is 7.22. The first kappa shape index (κ1) is 18.4. The van der Waals surface area contributed by atoms with Crippen molar-refractivity contribution in [2.75, 3.05) is 13.1 Å². The van der Waals surface area contributed by atoms with Crippen LogP contribution in [-0.4, -0.2) is 44.0 Å². The van der Waals surface area contributed by atoms with Gasteiger partial charge < -0.3 is 10.0 Å². The molecule has 0 atom stereocenters.